The first kappa shape index (κ1) is 23.3. The Bertz CT molecular complexity index is 1210. The number of carbonyl (C=O) groups excluding carboxylic acids is 2. The van der Waals surface area contributed by atoms with E-state index in [9.17, 15) is 19.7 Å². The van der Waals surface area contributed by atoms with Crippen molar-refractivity contribution in [1.29, 1.82) is 0 Å². The smallest absolute Gasteiger partial charge is 0.270 e. The molecular formula is C24H20N4O4S. The first-order valence-corrected chi connectivity index (χ1v) is 10.3. The van der Waals surface area contributed by atoms with E-state index in [0.717, 1.165) is 5.56 Å². The molecule has 0 unspecified atom stereocenters. The SMILES string of the molecule is O=C(/C=C/c1cccc([N+](=O)[O-])c1)NC(=S)Nc1cccc(NC(=O)Cc2ccccc2)c1. The molecule has 9 heteroatoms. The Kier molecular flexibility index (Phi) is 7.98. The lowest BCUT2D eigenvalue weighted by molar-refractivity contribution is -0.384. The topological polar surface area (TPSA) is 113 Å². The highest BCUT2D eigenvalue weighted by Crippen LogP contribution is 2.16. The van der Waals surface area contributed by atoms with Crippen LogP contribution in [0, 0.1) is 10.1 Å². The average molecular weight is 461 g/mol. The Balaban J connectivity index is 1.52. The van der Waals surface area contributed by atoms with Gasteiger partial charge in [0.2, 0.25) is 11.8 Å². The molecule has 3 aromatic rings. The van der Waals surface area contributed by atoms with Crippen molar-refractivity contribution >= 4 is 52.3 Å². The Hall–Kier alpha value is -4.37. The molecule has 3 rings (SSSR count). The molecule has 0 aliphatic heterocycles. The Morgan fingerprint density at radius 1 is 0.909 bits per heavy atom. The maximum absolute atomic E-state index is 12.2. The van der Waals surface area contributed by atoms with Crippen molar-refractivity contribution in [2.45, 2.75) is 6.42 Å². The second-order valence-corrected chi connectivity index (χ2v) is 7.33. The summed E-state index contributed by atoms with van der Waals surface area (Å²) in [6.45, 7) is 0. The number of hydrogen-bond acceptors (Lipinski definition) is 5. The van der Waals surface area contributed by atoms with Gasteiger partial charge in [0.05, 0.1) is 11.3 Å². The molecule has 0 saturated heterocycles. The van der Waals surface area contributed by atoms with E-state index in [2.05, 4.69) is 16.0 Å². The summed E-state index contributed by atoms with van der Waals surface area (Å²) in [5, 5.41) is 19.1. The summed E-state index contributed by atoms with van der Waals surface area (Å²) in [7, 11) is 0. The van der Waals surface area contributed by atoms with Gasteiger partial charge in [0, 0.05) is 29.6 Å². The van der Waals surface area contributed by atoms with Crippen molar-refractivity contribution in [3.8, 4) is 0 Å². The van der Waals surface area contributed by atoms with Crippen LogP contribution in [0.2, 0.25) is 0 Å². The van der Waals surface area contributed by atoms with Gasteiger partial charge in [0.25, 0.3) is 5.69 Å². The zero-order valence-corrected chi connectivity index (χ0v) is 18.2. The number of nitrogens with one attached hydrogen (secondary N) is 3. The standard InChI is InChI=1S/C24H20N4O4S/c29-22(13-12-18-8-4-11-21(14-18)28(31)32)27-24(33)26-20-10-5-9-19(16-20)25-23(30)15-17-6-2-1-3-7-17/h1-14,16H,15H2,(H,25,30)(H2,26,27,29,33)/b13-12+. The Labute approximate surface area is 195 Å². The number of carbonyl (C=O) groups is 2. The predicted octanol–water partition coefficient (Wildman–Crippen LogP) is 4.30. The first-order valence-electron chi connectivity index (χ1n) is 9.87. The van der Waals surface area contributed by atoms with Crippen molar-refractivity contribution < 1.29 is 14.5 Å². The largest absolute Gasteiger partial charge is 0.332 e. The summed E-state index contributed by atoms with van der Waals surface area (Å²) in [4.78, 5) is 34.7. The van der Waals surface area contributed by atoms with Crippen molar-refractivity contribution in [2.24, 2.45) is 0 Å². The second-order valence-electron chi connectivity index (χ2n) is 6.92. The molecule has 0 bridgehead atoms. The molecule has 0 aromatic heterocycles. The predicted molar refractivity (Wildman–Crippen MR) is 132 cm³/mol. The summed E-state index contributed by atoms with van der Waals surface area (Å²) in [5.74, 6) is -0.646. The molecule has 8 nitrogen and oxygen atoms in total. The fourth-order valence-corrected chi connectivity index (χ4v) is 3.11. The number of nitro groups is 1. The number of non-ortho nitro benzene ring substituents is 1. The molecule has 0 heterocycles. The first-order chi connectivity index (χ1) is 15.9. The van der Waals surface area contributed by atoms with Gasteiger partial charge >= 0.3 is 0 Å². The minimum Gasteiger partial charge on any atom is -0.332 e. The fourth-order valence-electron chi connectivity index (χ4n) is 2.89. The molecule has 0 spiro atoms. The van der Waals surface area contributed by atoms with Crippen molar-refractivity contribution in [2.75, 3.05) is 10.6 Å². The van der Waals surface area contributed by atoms with Crippen LogP contribution < -0.4 is 16.0 Å². The van der Waals surface area contributed by atoms with E-state index in [-0.39, 0.29) is 23.1 Å². The van der Waals surface area contributed by atoms with Crippen LogP contribution in [0.3, 0.4) is 0 Å². The summed E-state index contributed by atoms with van der Waals surface area (Å²) in [6, 6.07) is 22.2. The van der Waals surface area contributed by atoms with Gasteiger partial charge in [0.15, 0.2) is 5.11 Å². The highest BCUT2D eigenvalue weighted by molar-refractivity contribution is 7.80. The molecule has 0 aliphatic carbocycles. The Morgan fingerprint density at radius 3 is 2.33 bits per heavy atom. The number of nitro benzene ring substituents is 1. The number of rotatable bonds is 7. The van der Waals surface area contributed by atoms with Crippen LogP contribution in [0.15, 0.2) is 84.9 Å². The lowest BCUT2D eigenvalue weighted by atomic mass is 10.1. The second kappa shape index (κ2) is 11.3. The quantitative estimate of drug-likeness (QED) is 0.210. The van der Waals surface area contributed by atoms with Gasteiger partial charge in [-0.1, -0.05) is 48.5 Å². The van der Waals surface area contributed by atoms with E-state index in [1.54, 1.807) is 30.3 Å². The summed E-state index contributed by atoms with van der Waals surface area (Å²) < 4.78 is 0. The number of amides is 2. The molecule has 166 valence electrons. The molecule has 0 saturated carbocycles. The molecule has 0 radical (unpaired) electrons. The minimum atomic E-state index is -0.505. The third kappa shape index (κ3) is 7.67. The number of hydrogen-bond donors (Lipinski definition) is 3. The molecular weight excluding hydrogens is 440 g/mol. The van der Waals surface area contributed by atoms with Crippen molar-refractivity contribution in [3.05, 3.63) is 106 Å². The zero-order chi connectivity index (χ0) is 23.6. The molecule has 2 amide bonds. The maximum atomic E-state index is 12.2. The van der Waals surface area contributed by atoms with Gasteiger partial charge in [-0.2, -0.15) is 0 Å². The maximum Gasteiger partial charge on any atom is 0.270 e. The normalized spacial score (nSPS) is 10.4. The number of anilines is 2. The molecule has 0 aliphatic rings. The molecule has 3 aromatic carbocycles. The molecule has 33 heavy (non-hydrogen) atoms. The lowest BCUT2D eigenvalue weighted by Gasteiger charge is -2.10. The Morgan fingerprint density at radius 2 is 1.61 bits per heavy atom. The van der Waals surface area contributed by atoms with Crippen LogP contribution in [-0.2, 0) is 16.0 Å². The lowest BCUT2D eigenvalue weighted by Crippen LogP contribution is -2.32. The zero-order valence-electron chi connectivity index (χ0n) is 17.4. The van der Waals surface area contributed by atoms with Crippen molar-refractivity contribution in [1.82, 2.24) is 5.32 Å². The van der Waals surface area contributed by atoms with E-state index in [0.29, 0.717) is 16.9 Å². The van der Waals surface area contributed by atoms with Crippen LogP contribution in [0.25, 0.3) is 6.08 Å². The summed E-state index contributed by atoms with van der Waals surface area (Å²) in [5.41, 5.74) is 2.52. The highest BCUT2D eigenvalue weighted by atomic mass is 32.1. The molecule has 0 fully saturated rings. The van der Waals surface area contributed by atoms with E-state index >= 15 is 0 Å². The van der Waals surface area contributed by atoms with Gasteiger partial charge in [-0.15, -0.1) is 0 Å². The summed E-state index contributed by atoms with van der Waals surface area (Å²) >= 11 is 5.16. The third-order valence-corrected chi connectivity index (χ3v) is 4.56. The average Bonchev–Trinajstić information content (AvgIpc) is 2.78. The minimum absolute atomic E-state index is 0.0644. The van der Waals surface area contributed by atoms with E-state index in [1.807, 2.05) is 30.3 Å². The summed E-state index contributed by atoms with van der Waals surface area (Å²) in [6.07, 6.45) is 2.94. The van der Waals surface area contributed by atoms with Gasteiger partial charge < -0.3 is 10.6 Å². The van der Waals surface area contributed by atoms with E-state index < -0.39 is 10.8 Å². The van der Waals surface area contributed by atoms with Gasteiger partial charge in [0.1, 0.15) is 0 Å². The van der Waals surface area contributed by atoms with Gasteiger partial charge in [-0.05, 0) is 47.6 Å². The third-order valence-electron chi connectivity index (χ3n) is 4.36. The van der Waals surface area contributed by atoms with Crippen LogP contribution in [0.4, 0.5) is 17.1 Å². The van der Waals surface area contributed by atoms with Crippen LogP contribution in [0.1, 0.15) is 11.1 Å². The van der Waals surface area contributed by atoms with Crippen LogP contribution in [-0.4, -0.2) is 21.9 Å². The molecule has 0 atom stereocenters. The van der Waals surface area contributed by atoms with Gasteiger partial charge in [-0.3, -0.25) is 25.0 Å². The van der Waals surface area contributed by atoms with Crippen molar-refractivity contribution in [3.63, 3.8) is 0 Å². The number of nitrogens with zero attached hydrogens (tertiary/aromatic N) is 1. The monoisotopic (exact) mass is 460 g/mol. The number of benzene rings is 3. The van der Waals surface area contributed by atoms with Crippen LogP contribution >= 0.6 is 12.2 Å². The van der Waals surface area contributed by atoms with E-state index in [4.69, 9.17) is 12.2 Å². The molecule has 3 N–H and O–H groups in total. The van der Waals surface area contributed by atoms with Gasteiger partial charge in [-0.25, -0.2) is 0 Å². The van der Waals surface area contributed by atoms with Crippen LogP contribution in [0.5, 0.6) is 0 Å². The number of thiocarbonyl (C=S) groups is 1. The van der Waals surface area contributed by atoms with E-state index in [1.165, 1.54) is 30.4 Å². The highest BCUT2D eigenvalue weighted by Gasteiger charge is 2.07. The fraction of sp³-hybridized carbons (Fsp3) is 0.0417.